The van der Waals surface area contributed by atoms with Crippen LogP contribution in [0.5, 0.6) is 0 Å². The fraction of sp³-hybridized carbons (Fsp3) is 1.00. The van der Waals surface area contributed by atoms with Crippen LogP contribution in [0.25, 0.3) is 0 Å². The van der Waals surface area contributed by atoms with Crippen molar-refractivity contribution in [1.82, 2.24) is 5.32 Å². The highest BCUT2D eigenvalue weighted by molar-refractivity contribution is 8.07. The van der Waals surface area contributed by atoms with E-state index in [1.54, 1.807) is 0 Å². The van der Waals surface area contributed by atoms with E-state index in [9.17, 15) is 0 Å². The SMILES string of the molecule is CCNC(C1CCC(C)CC1)C1SCCSC1CC. The van der Waals surface area contributed by atoms with E-state index < -0.39 is 0 Å². The molecule has 112 valence electrons. The van der Waals surface area contributed by atoms with Crippen molar-refractivity contribution in [3.8, 4) is 0 Å². The van der Waals surface area contributed by atoms with Gasteiger partial charge in [0.1, 0.15) is 0 Å². The topological polar surface area (TPSA) is 12.0 Å². The van der Waals surface area contributed by atoms with Crippen LogP contribution in [0.15, 0.2) is 0 Å². The molecule has 1 aliphatic carbocycles. The highest BCUT2D eigenvalue weighted by Gasteiger charge is 2.37. The van der Waals surface area contributed by atoms with Gasteiger partial charge in [0, 0.05) is 28.0 Å². The number of hydrogen-bond donors (Lipinski definition) is 1. The maximum atomic E-state index is 3.87. The summed E-state index contributed by atoms with van der Waals surface area (Å²) >= 11 is 4.48. The molecule has 0 aromatic heterocycles. The van der Waals surface area contributed by atoms with Gasteiger partial charge in [-0.15, -0.1) is 0 Å². The molecule has 1 heterocycles. The van der Waals surface area contributed by atoms with Gasteiger partial charge in [-0.2, -0.15) is 23.5 Å². The summed E-state index contributed by atoms with van der Waals surface area (Å²) in [5, 5.41) is 5.59. The van der Waals surface area contributed by atoms with Crippen molar-refractivity contribution < 1.29 is 0 Å². The average molecular weight is 302 g/mol. The van der Waals surface area contributed by atoms with Crippen LogP contribution in [0.1, 0.15) is 52.9 Å². The van der Waals surface area contributed by atoms with Crippen LogP contribution in [-0.2, 0) is 0 Å². The van der Waals surface area contributed by atoms with E-state index in [0.717, 1.165) is 34.9 Å². The molecule has 19 heavy (non-hydrogen) atoms. The zero-order valence-electron chi connectivity index (χ0n) is 12.9. The Labute approximate surface area is 128 Å². The standard InChI is InChI=1S/C16H31NS2/c1-4-14-16(19-11-10-18-14)15(17-5-2)13-8-6-12(3)7-9-13/h12-17H,4-11H2,1-3H3. The Kier molecular flexibility index (Phi) is 6.91. The molecule has 1 nitrogen and oxygen atoms in total. The molecule has 1 aliphatic heterocycles. The van der Waals surface area contributed by atoms with Gasteiger partial charge in [0.2, 0.25) is 0 Å². The van der Waals surface area contributed by atoms with Crippen LogP contribution < -0.4 is 5.32 Å². The van der Waals surface area contributed by atoms with Crippen molar-refractivity contribution >= 4 is 23.5 Å². The zero-order valence-corrected chi connectivity index (χ0v) is 14.5. The molecule has 0 bridgehead atoms. The largest absolute Gasteiger partial charge is 0.313 e. The van der Waals surface area contributed by atoms with Gasteiger partial charge in [-0.25, -0.2) is 0 Å². The summed E-state index contributed by atoms with van der Waals surface area (Å²) < 4.78 is 0. The van der Waals surface area contributed by atoms with Crippen molar-refractivity contribution in [3.63, 3.8) is 0 Å². The molecular weight excluding hydrogens is 270 g/mol. The molecule has 2 fully saturated rings. The van der Waals surface area contributed by atoms with Crippen molar-refractivity contribution in [1.29, 1.82) is 0 Å². The summed E-state index contributed by atoms with van der Waals surface area (Å²) in [7, 11) is 0. The lowest BCUT2D eigenvalue weighted by Gasteiger charge is -2.42. The van der Waals surface area contributed by atoms with E-state index in [1.165, 1.54) is 43.6 Å². The average Bonchev–Trinajstić information content (AvgIpc) is 2.46. The van der Waals surface area contributed by atoms with Crippen molar-refractivity contribution in [3.05, 3.63) is 0 Å². The highest BCUT2D eigenvalue weighted by atomic mass is 32.2. The Hall–Kier alpha value is 0.660. The first-order valence-corrected chi connectivity index (χ1v) is 10.3. The van der Waals surface area contributed by atoms with E-state index in [-0.39, 0.29) is 0 Å². The summed E-state index contributed by atoms with van der Waals surface area (Å²) in [5.41, 5.74) is 0. The Balaban J connectivity index is 2.00. The lowest BCUT2D eigenvalue weighted by molar-refractivity contribution is 0.226. The normalized spacial score (nSPS) is 38.1. The minimum absolute atomic E-state index is 0.764. The monoisotopic (exact) mass is 301 g/mol. The minimum atomic E-state index is 0.764. The second-order valence-electron chi connectivity index (χ2n) is 6.26. The quantitative estimate of drug-likeness (QED) is 0.807. The van der Waals surface area contributed by atoms with E-state index >= 15 is 0 Å². The molecule has 1 saturated heterocycles. The molecule has 1 N–H and O–H groups in total. The smallest absolute Gasteiger partial charge is 0.0322 e. The van der Waals surface area contributed by atoms with Gasteiger partial charge in [-0.3, -0.25) is 0 Å². The summed E-state index contributed by atoms with van der Waals surface area (Å²) in [6.45, 7) is 8.22. The molecule has 3 atom stereocenters. The molecule has 3 heteroatoms. The van der Waals surface area contributed by atoms with Gasteiger partial charge in [0.05, 0.1) is 0 Å². The molecular formula is C16H31NS2. The van der Waals surface area contributed by atoms with Gasteiger partial charge in [0.25, 0.3) is 0 Å². The Morgan fingerprint density at radius 2 is 1.74 bits per heavy atom. The van der Waals surface area contributed by atoms with Crippen molar-refractivity contribution in [2.75, 3.05) is 18.1 Å². The first kappa shape index (κ1) is 16.0. The lowest BCUT2D eigenvalue weighted by atomic mass is 9.77. The molecule has 0 amide bonds. The number of nitrogens with one attached hydrogen (secondary N) is 1. The molecule has 0 aromatic rings. The molecule has 1 saturated carbocycles. The third kappa shape index (κ3) is 4.31. The number of hydrogen-bond acceptors (Lipinski definition) is 3. The second-order valence-corrected chi connectivity index (χ2v) is 8.89. The van der Waals surface area contributed by atoms with Gasteiger partial charge in [0.15, 0.2) is 0 Å². The van der Waals surface area contributed by atoms with Crippen LogP contribution in [-0.4, -0.2) is 34.6 Å². The first-order valence-electron chi connectivity index (χ1n) is 8.22. The van der Waals surface area contributed by atoms with Crippen molar-refractivity contribution in [2.24, 2.45) is 11.8 Å². The molecule has 0 spiro atoms. The maximum absolute atomic E-state index is 3.87. The zero-order chi connectivity index (χ0) is 13.7. The number of rotatable bonds is 5. The molecule has 3 unspecified atom stereocenters. The Morgan fingerprint density at radius 3 is 2.37 bits per heavy atom. The third-order valence-electron chi connectivity index (χ3n) is 4.86. The van der Waals surface area contributed by atoms with E-state index in [2.05, 4.69) is 49.6 Å². The van der Waals surface area contributed by atoms with Crippen LogP contribution >= 0.6 is 23.5 Å². The fourth-order valence-corrected chi connectivity index (χ4v) is 7.05. The molecule has 2 aliphatic rings. The predicted molar refractivity (Wildman–Crippen MR) is 91.4 cm³/mol. The molecule has 0 radical (unpaired) electrons. The van der Waals surface area contributed by atoms with Crippen LogP contribution in [0, 0.1) is 11.8 Å². The van der Waals surface area contributed by atoms with E-state index in [0.29, 0.717) is 0 Å². The second kappa shape index (κ2) is 8.19. The van der Waals surface area contributed by atoms with Gasteiger partial charge < -0.3 is 5.32 Å². The first-order chi connectivity index (χ1) is 9.26. The summed E-state index contributed by atoms with van der Waals surface area (Å²) in [6.07, 6.45) is 7.16. The van der Waals surface area contributed by atoms with E-state index in [1.807, 2.05) is 0 Å². The Morgan fingerprint density at radius 1 is 1.05 bits per heavy atom. The Bertz CT molecular complexity index is 251. The maximum Gasteiger partial charge on any atom is 0.0322 e. The van der Waals surface area contributed by atoms with E-state index in [4.69, 9.17) is 0 Å². The van der Waals surface area contributed by atoms with Crippen molar-refractivity contribution in [2.45, 2.75) is 69.4 Å². The minimum Gasteiger partial charge on any atom is -0.313 e. The third-order valence-corrected chi connectivity index (χ3v) is 8.23. The van der Waals surface area contributed by atoms with Gasteiger partial charge in [-0.05, 0) is 37.6 Å². The summed E-state index contributed by atoms with van der Waals surface area (Å²) in [5.74, 6) is 4.62. The summed E-state index contributed by atoms with van der Waals surface area (Å²) in [6, 6.07) is 0.764. The van der Waals surface area contributed by atoms with Gasteiger partial charge >= 0.3 is 0 Å². The molecule has 2 rings (SSSR count). The van der Waals surface area contributed by atoms with Crippen LogP contribution in [0.4, 0.5) is 0 Å². The fourth-order valence-electron chi connectivity index (χ4n) is 3.70. The van der Waals surface area contributed by atoms with Crippen LogP contribution in [0.2, 0.25) is 0 Å². The number of thioether (sulfide) groups is 2. The van der Waals surface area contributed by atoms with Crippen LogP contribution in [0.3, 0.4) is 0 Å². The highest BCUT2D eigenvalue weighted by Crippen LogP contribution is 2.40. The molecule has 0 aromatic carbocycles. The van der Waals surface area contributed by atoms with Gasteiger partial charge in [-0.1, -0.05) is 33.6 Å². The summed E-state index contributed by atoms with van der Waals surface area (Å²) in [4.78, 5) is 0. The lowest BCUT2D eigenvalue weighted by Crippen LogP contribution is -2.50. The predicted octanol–water partition coefficient (Wildman–Crippen LogP) is 4.42.